The van der Waals surface area contributed by atoms with Gasteiger partial charge in [0.05, 0.1) is 36.3 Å². The van der Waals surface area contributed by atoms with Crippen LogP contribution in [0, 0.1) is 0 Å². The van der Waals surface area contributed by atoms with Crippen LogP contribution in [0.15, 0.2) is 30.5 Å². The maximum Gasteiger partial charge on any atom is 0.122 e. The van der Waals surface area contributed by atoms with Crippen molar-refractivity contribution < 1.29 is 4.74 Å². The molecule has 106 valence electrons. The number of nitrogens with zero attached hydrogens (tertiary/aromatic N) is 2. The fraction of sp³-hybridized carbons (Fsp3) is 0.467. The monoisotopic (exact) mass is 289 g/mol. The van der Waals surface area contributed by atoms with Crippen LogP contribution < -0.4 is 10.1 Å². The minimum atomic E-state index is 0.273. The third-order valence-corrected chi connectivity index (χ3v) is 4.28. The van der Waals surface area contributed by atoms with E-state index in [4.69, 9.17) is 4.74 Å². The van der Waals surface area contributed by atoms with E-state index in [0.717, 1.165) is 37.4 Å². The lowest BCUT2D eigenvalue weighted by atomic mass is 9.87. The van der Waals surface area contributed by atoms with Crippen LogP contribution in [0.2, 0.25) is 0 Å². The van der Waals surface area contributed by atoms with Crippen LogP contribution in [-0.4, -0.2) is 21.9 Å². The Morgan fingerprint density at radius 1 is 1.45 bits per heavy atom. The standard InChI is InChI=1S/C15H19N3OS/c1-2-16-13(14-10-17-20-18-14)9-11-7-8-19-15-6-4-3-5-12(11)15/h3-6,10-11,13,16H,2,7-9H2,1H3. The van der Waals surface area contributed by atoms with Crippen molar-refractivity contribution >= 4 is 11.7 Å². The third-order valence-electron chi connectivity index (χ3n) is 3.79. The summed E-state index contributed by atoms with van der Waals surface area (Å²) in [5, 5.41) is 3.53. The normalized spacial score (nSPS) is 19.1. The molecule has 0 bridgehead atoms. The minimum Gasteiger partial charge on any atom is -0.493 e. The molecule has 0 aliphatic carbocycles. The highest BCUT2D eigenvalue weighted by Crippen LogP contribution is 2.38. The molecule has 0 saturated heterocycles. The van der Waals surface area contributed by atoms with Gasteiger partial charge in [0.25, 0.3) is 0 Å². The van der Waals surface area contributed by atoms with Gasteiger partial charge in [-0.15, -0.1) is 0 Å². The van der Waals surface area contributed by atoms with Gasteiger partial charge in [-0.25, -0.2) is 0 Å². The van der Waals surface area contributed by atoms with Crippen LogP contribution in [-0.2, 0) is 0 Å². The van der Waals surface area contributed by atoms with Crippen LogP contribution in [0.25, 0.3) is 0 Å². The van der Waals surface area contributed by atoms with E-state index in [1.807, 2.05) is 12.3 Å². The fourth-order valence-electron chi connectivity index (χ4n) is 2.83. The molecule has 2 unspecified atom stereocenters. The molecular weight excluding hydrogens is 270 g/mol. The van der Waals surface area contributed by atoms with Gasteiger partial charge in [0.2, 0.25) is 0 Å². The lowest BCUT2D eigenvalue weighted by Crippen LogP contribution is -2.25. The molecule has 1 aromatic heterocycles. The zero-order valence-corrected chi connectivity index (χ0v) is 12.4. The lowest BCUT2D eigenvalue weighted by molar-refractivity contribution is 0.255. The zero-order valence-electron chi connectivity index (χ0n) is 11.6. The fourth-order valence-corrected chi connectivity index (χ4v) is 3.30. The number of nitrogens with one attached hydrogen (secondary N) is 1. The van der Waals surface area contributed by atoms with Gasteiger partial charge in [0, 0.05) is 0 Å². The Balaban J connectivity index is 1.79. The van der Waals surface area contributed by atoms with Gasteiger partial charge in [-0.3, -0.25) is 0 Å². The molecule has 2 heterocycles. The maximum absolute atomic E-state index is 5.74. The Hall–Kier alpha value is -1.46. The van der Waals surface area contributed by atoms with Gasteiger partial charge in [-0.05, 0) is 36.9 Å². The molecule has 1 aliphatic rings. The molecule has 1 aromatic carbocycles. The highest BCUT2D eigenvalue weighted by molar-refractivity contribution is 6.99. The topological polar surface area (TPSA) is 47.0 Å². The molecule has 1 aliphatic heterocycles. The molecule has 20 heavy (non-hydrogen) atoms. The molecule has 5 heteroatoms. The van der Waals surface area contributed by atoms with Crippen molar-refractivity contribution in [2.75, 3.05) is 13.2 Å². The summed E-state index contributed by atoms with van der Waals surface area (Å²) >= 11 is 1.28. The Labute approximate surface area is 123 Å². The quantitative estimate of drug-likeness (QED) is 0.918. The summed E-state index contributed by atoms with van der Waals surface area (Å²) in [6, 6.07) is 8.64. The number of para-hydroxylation sites is 1. The molecule has 0 spiro atoms. The van der Waals surface area contributed by atoms with Crippen LogP contribution in [0.4, 0.5) is 0 Å². The first-order chi connectivity index (χ1) is 9.88. The number of hydrogen-bond donors (Lipinski definition) is 1. The van der Waals surface area contributed by atoms with Crippen molar-refractivity contribution in [3.05, 3.63) is 41.7 Å². The van der Waals surface area contributed by atoms with Crippen LogP contribution in [0.3, 0.4) is 0 Å². The zero-order chi connectivity index (χ0) is 13.8. The lowest BCUT2D eigenvalue weighted by Gasteiger charge is -2.28. The first-order valence-electron chi connectivity index (χ1n) is 7.11. The molecule has 0 fully saturated rings. The second kappa shape index (κ2) is 6.33. The summed E-state index contributed by atoms with van der Waals surface area (Å²) in [5.74, 6) is 1.56. The maximum atomic E-state index is 5.74. The number of hydrogen-bond acceptors (Lipinski definition) is 5. The molecule has 0 radical (unpaired) electrons. The van der Waals surface area contributed by atoms with Crippen LogP contribution in [0.1, 0.15) is 43.0 Å². The van der Waals surface area contributed by atoms with Gasteiger partial charge in [-0.2, -0.15) is 8.75 Å². The van der Waals surface area contributed by atoms with Crippen LogP contribution in [0.5, 0.6) is 5.75 Å². The van der Waals surface area contributed by atoms with Crippen LogP contribution >= 0.6 is 11.7 Å². The largest absolute Gasteiger partial charge is 0.493 e. The molecule has 0 amide bonds. The number of ether oxygens (including phenoxy) is 1. The van der Waals surface area contributed by atoms with E-state index in [0.29, 0.717) is 5.92 Å². The van der Waals surface area contributed by atoms with Gasteiger partial charge < -0.3 is 10.1 Å². The number of fused-ring (bicyclic) bond motifs is 1. The molecule has 4 nitrogen and oxygen atoms in total. The second-order valence-electron chi connectivity index (χ2n) is 5.05. The van der Waals surface area contributed by atoms with E-state index >= 15 is 0 Å². The number of rotatable bonds is 5. The first-order valence-corrected chi connectivity index (χ1v) is 7.84. The summed E-state index contributed by atoms with van der Waals surface area (Å²) < 4.78 is 14.3. The summed E-state index contributed by atoms with van der Waals surface area (Å²) in [7, 11) is 0. The van der Waals surface area contributed by atoms with Crippen molar-refractivity contribution in [2.24, 2.45) is 0 Å². The Morgan fingerprint density at radius 3 is 3.15 bits per heavy atom. The Kier molecular flexibility index (Phi) is 4.28. The molecule has 2 aromatic rings. The van der Waals surface area contributed by atoms with Gasteiger partial charge >= 0.3 is 0 Å². The summed E-state index contributed by atoms with van der Waals surface area (Å²) in [6.07, 6.45) is 3.99. The molecule has 3 rings (SSSR count). The second-order valence-corrected chi connectivity index (χ2v) is 5.61. The van der Waals surface area contributed by atoms with E-state index in [2.05, 4.69) is 39.2 Å². The summed E-state index contributed by atoms with van der Waals surface area (Å²) in [6.45, 7) is 3.87. The smallest absolute Gasteiger partial charge is 0.122 e. The van der Waals surface area contributed by atoms with E-state index in [1.54, 1.807) is 0 Å². The predicted octanol–water partition coefficient (Wildman–Crippen LogP) is 3.15. The highest BCUT2D eigenvalue weighted by Gasteiger charge is 2.25. The third kappa shape index (κ3) is 2.83. The van der Waals surface area contributed by atoms with Crippen molar-refractivity contribution in [2.45, 2.75) is 31.7 Å². The molecule has 2 atom stereocenters. The number of benzene rings is 1. The van der Waals surface area contributed by atoms with E-state index < -0.39 is 0 Å². The van der Waals surface area contributed by atoms with Crippen molar-refractivity contribution in [1.29, 1.82) is 0 Å². The number of aromatic nitrogens is 2. The average molecular weight is 289 g/mol. The SMILES string of the molecule is CCNC(CC1CCOc2ccccc21)c1cnsn1. The minimum absolute atomic E-state index is 0.273. The molecular formula is C15H19N3OS. The summed E-state index contributed by atoms with van der Waals surface area (Å²) in [4.78, 5) is 0. The summed E-state index contributed by atoms with van der Waals surface area (Å²) in [5.41, 5.74) is 2.38. The Bertz CT molecular complexity index is 544. The van der Waals surface area contributed by atoms with Crippen molar-refractivity contribution in [3.63, 3.8) is 0 Å². The first kappa shape index (κ1) is 13.5. The van der Waals surface area contributed by atoms with Gasteiger partial charge in [0.1, 0.15) is 5.75 Å². The molecule has 1 N–H and O–H groups in total. The van der Waals surface area contributed by atoms with E-state index in [1.165, 1.54) is 17.3 Å². The molecule has 0 saturated carbocycles. The van der Waals surface area contributed by atoms with Crippen molar-refractivity contribution in [1.82, 2.24) is 14.1 Å². The van der Waals surface area contributed by atoms with E-state index in [-0.39, 0.29) is 6.04 Å². The highest BCUT2D eigenvalue weighted by atomic mass is 32.1. The van der Waals surface area contributed by atoms with E-state index in [9.17, 15) is 0 Å². The Morgan fingerprint density at radius 2 is 2.35 bits per heavy atom. The van der Waals surface area contributed by atoms with Gasteiger partial charge in [0.15, 0.2) is 0 Å². The predicted molar refractivity (Wildman–Crippen MR) is 80.2 cm³/mol. The van der Waals surface area contributed by atoms with Crippen molar-refractivity contribution in [3.8, 4) is 5.75 Å². The average Bonchev–Trinajstić information content (AvgIpc) is 3.01. The van der Waals surface area contributed by atoms with Gasteiger partial charge in [-0.1, -0.05) is 25.1 Å².